The van der Waals surface area contributed by atoms with Gasteiger partial charge < -0.3 is 9.73 Å². The summed E-state index contributed by atoms with van der Waals surface area (Å²) in [5, 5.41) is 6.44. The van der Waals surface area contributed by atoms with Crippen LogP contribution in [0.3, 0.4) is 0 Å². The standard InChI is InChI=1S/C26H21N5O5/c32-20-10-9-18(24(33)30-20)31-25(34)15-8-7-14(12-17(15)26(31)35)4-3-11-27-23-22-21(28-13-29-23)16-5-1-2-6-19(16)36-22/h1-2,5-8,12-13,18H,3-4,9-11H2,(H,27,28,29)(H,30,32,33). The zero-order valence-corrected chi connectivity index (χ0v) is 19.1. The molecular formula is C26H21N5O5. The van der Waals surface area contributed by atoms with Crippen LogP contribution < -0.4 is 10.6 Å². The van der Waals surface area contributed by atoms with E-state index in [2.05, 4.69) is 20.6 Å². The van der Waals surface area contributed by atoms with E-state index in [0.29, 0.717) is 24.4 Å². The van der Waals surface area contributed by atoms with Gasteiger partial charge in [0.05, 0.1) is 11.1 Å². The average Bonchev–Trinajstić information content (AvgIpc) is 3.38. The van der Waals surface area contributed by atoms with E-state index in [1.165, 1.54) is 6.33 Å². The van der Waals surface area contributed by atoms with E-state index in [0.717, 1.165) is 33.4 Å². The van der Waals surface area contributed by atoms with E-state index in [-0.39, 0.29) is 24.0 Å². The van der Waals surface area contributed by atoms with Crippen LogP contribution in [-0.4, -0.2) is 51.1 Å². The summed E-state index contributed by atoms with van der Waals surface area (Å²) in [6.07, 6.45) is 3.13. The van der Waals surface area contributed by atoms with Gasteiger partial charge in [-0.05, 0) is 49.1 Å². The lowest BCUT2D eigenvalue weighted by molar-refractivity contribution is -0.136. The molecule has 2 aliphatic rings. The minimum Gasteiger partial charge on any atom is -0.450 e. The van der Waals surface area contributed by atoms with E-state index in [1.807, 2.05) is 30.3 Å². The third-order valence-electron chi connectivity index (χ3n) is 6.60. The Labute approximate surface area is 204 Å². The van der Waals surface area contributed by atoms with Crippen LogP contribution in [0.15, 0.2) is 53.2 Å². The number of aromatic nitrogens is 2. The van der Waals surface area contributed by atoms with Crippen molar-refractivity contribution in [3.8, 4) is 0 Å². The van der Waals surface area contributed by atoms with E-state index < -0.39 is 29.7 Å². The first-order chi connectivity index (χ1) is 17.5. The van der Waals surface area contributed by atoms with E-state index in [4.69, 9.17) is 4.42 Å². The van der Waals surface area contributed by atoms with Gasteiger partial charge in [0.25, 0.3) is 11.8 Å². The zero-order valence-electron chi connectivity index (χ0n) is 19.1. The van der Waals surface area contributed by atoms with E-state index >= 15 is 0 Å². The summed E-state index contributed by atoms with van der Waals surface area (Å²) in [6, 6.07) is 11.9. The maximum Gasteiger partial charge on any atom is 0.262 e. The minimum absolute atomic E-state index is 0.0920. The number of hydrogen-bond donors (Lipinski definition) is 2. The third kappa shape index (κ3) is 3.58. The maximum absolute atomic E-state index is 13.0. The molecule has 0 spiro atoms. The van der Waals surface area contributed by atoms with E-state index in [1.54, 1.807) is 12.1 Å². The van der Waals surface area contributed by atoms with Gasteiger partial charge in [-0.25, -0.2) is 9.97 Å². The monoisotopic (exact) mass is 483 g/mol. The lowest BCUT2D eigenvalue weighted by Gasteiger charge is -2.27. The van der Waals surface area contributed by atoms with Crippen molar-refractivity contribution in [2.24, 2.45) is 0 Å². The molecule has 10 nitrogen and oxygen atoms in total. The quantitative estimate of drug-likeness (QED) is 0.316. The van der Waals surface area contributed by atoms with Crippen molar-refractivity contribution in [1.82, 2.24) is 20.2 Å². The smallest absolute Gasteiger partial charge is 0.262 e. The average molecular weight is 483 g/mol. The Balaban J connectivity index is 1.13. The van der Waals surface area contributed by atoms with Crippen LogP contribution in [0, 0.1) is 0 Å². The summed E-state index contributed by atoms with van der Waals surface area (Å²) >= 11 is 0. The molecular weight excluding hydrogens is 462 g/mol. The number of amides is 4. The Morgan fingerprint density at radius 1 is 1.03 bits per heavy atom. The molecule has 2 N–H and O–H groups in total. The second kappa shape index (κ2) is 8.56. The molecule has 1 unspecified atom stereocenters. The first kappa shape index (κ1) is 21.9. The number of rotatable bonds is 6. The fraction of sp³-hybridized carbons (Fsp3) is 0.231. The van der Waals surface area contributed by atoms with Gasteiger partial charge in [-0.15, -0.1) is 0 Å². The number of carbonyl (C=O) groups excluding carboxylic acids is 4. The highest BCUT2D eigenvalue weighted by Crippen LogP contribution is 2.31. The summed E-state index contributed by atoms with van der Waals surface area (Å²) in [5.41, 5.74) is 3.58. The van der Waals surface area contributed by atoms with Crippen molar-refractivity contribution in [2.75, 3.05) is 11.9 Å². The number of nitrogens with one attached hydrogen (secondary N) is 2. The molecule has 2 aliphatic heterocycles. The molecule has 0 saturated carbocycles. The van der Waals surface area contributed by atoms with E-state index in [9.17, 15) is 19.2 Å². The lowest BCUT2D eigenvalue weighted by Crippen LogP contribution is -2.54. The van der Waals surface area contributed by atoms with Crippen LogP contribution in [0.5, 0.6) is 0 Å². The highest BCUT2D eigenvalue weighted by molar-refractivity contribution is 6.23. The van der Waals surface area contributed by atoms with Crippen molar-refractivity contribution >= 4 is 51.5 Å². The van der Waals surface area contributed by atoms with Gasteiger partial charge in [0, 0.05) is 18.4 Å². The van der Waals surface area contributed by atoms with Gasteiger partial charge >= 0.3 is 0 Å². The first-order valence-corrected chi connectivity index (χ1v) is 11.7. The molecule has 4 amide bonds. The van der Waals surface area contributed by atoms with Crippen molar-refractivity contribution in [3.63, 3.8) is 0 Å². The normalized spacial score (nSPS) is 17.7. The number of nitrogens with zero attached hydrogens (tertiary/aromatic N) is 3. The van der Waals surface area contributed by atoms with Crippen LogP contribution in [0.2, 0.25) is 0 Å². The number of aryl methyl sites for hydroxylation is 1. The molecule has 1 fully saturated rings. The van der Waals surface area contributed by atoms with Crippen molar-refractivity contribution < 1.29 is 23.6 Å². The van der Waals surface area contributed by atoms with Gasteiger partial charge in [0.1, 0.15) is 23.5 Å². The summed E-state index contributed by atoms with van der Waals surface area (Å²) in [4.78, 5) is 59.2. The molecule has 4 heterocycles. The second-order valence-corrected chi connectivity index (χ2v) is 8.86. The Morgan fingerprint density at radius 2 is 1.86 bits per heavy atom. The van der Waals surface area contributed by atoms with Crippen molar-refractivity contribution in [1.29, 1.82) is 0 Å². The summed E-state index contributed by atoms with van der Waals surface area (Å²) in [7, 11) is 0. The predicted octanol–water partition coefficient (Wildman–Crippen LogP) is 2.82. The molecule has 0 bridgehead atoms. The largest absolute Gasteiger partial charge is 0.450 e. The predicted molar refractivity (Wildman–Crippen MR) is 129 cm³/mol. The molecule has 0 aliphatic carbocycles. The summed E-state index contributed by atoms with van der Waals surface area (Å²) in [5.74, 6) is -1.40. The fourth-order valence-corrected chi connectivity index (χ4v) is 4.82. The molecule has 36 heavy (non-hydrogen) atoms. The second-order valence-electron chi connectivity index (χ2n) is 8.86. The van der Waals surface area contributed by atoms with Crippen molar-refractivity contribution in [3.05, 3.63) is 65.5 Å². The summed E-state index contributed by atoms with van der Waals surface area (Å²) in [6.45, 7) is 0.607. The van der Waals surface area contributed by atoms with Gasteiger partial charge in [-0.2, -0.15) is 0 Å². The Kier molecular flexibility index (Phi) is 5.21. The first-order valence-electron chi connectivity index (χ1n) is 11.7. The van der Waals surface area contributed by atoms with Crippen LogP contribution in [0.1, 0.15) is 45.5 Å². The highest BCUT2D eigenvalue weighted by Gasteiger charge is 2.44. The molecule has 2 aromatic carbocycles. The number of para-hydroxylation sites is 1. The topological polar surface area (TPSA) is 134 Å². The Morgan fingerprint density at radius 3 is 2.72 bits per heavy atom. The third-order valence-corrected chi connectivity index (χ3v) is 6.60. The number of furan rings is 1. The van der Waals surface area contributed by atoms with Crippen molar-refractivity contribution in [2.45, 2.75) is 31.7 Å². The molecule has 0 radical (unpaired) electrons. The zero-order chi connectivity index (χ0) is 24.8. The molecule has 2 aromatic heterocycles. The van der Waals surface area contributed by atoms with Gasteiger partial charge in [0.2, 0.25) is 11.8 Å². The van der Waals surface area contributed by atoms with Gasteiger partial charge in [0.15, 0.2) is 11.4 Å². The van der Waals surface area contributed by atoms with Gasteiger partial charge in [-0.1, -0.05) is 18.2 Å². The Hall–Kier alpha value is -4.60. The Bertz CT molecular complexity index is 1580. The van der Waals surface area contributed by atoms with Crippen LogP contribution in [-0.2, 0) is 16.0 Å². The maximum atomic E-state index is 13.0. The number of fused-ring (bicyclic) bond motifs is 4. The summed E-state index contributed by atoms with van der Waals surface area (Å²) < 4.78 is 5.94. The fourth-order valence-electron chi connectivity index (χ4n) is 4.82. The van der Waals surface area contributed by atoms with Gasteiger partial charge in [-0.3, -0.25) is 29.4 Å². The molecule has 10 heteroatoms. The van der Waals surface area contributed by atoms with Crippen LogP contribution in [0.4, 0.5) is 5.82 Å². The molecule has 6 rings (SSSR count). The number of imide groups is 2. The number of benzene rings is 2. The number of hydrogen-bond acceptors (Lipinski definition) is 8. The SMILES string of the molecule is O=C1CCC(N2C(=O)c3ccc(CCCNc4ncnc5c4oc4ccccc45)cc3C2=O)C(=O)N1. The minimum atomic E-state index is -0.967. The van der Waals surface area contributed by atoms with Crippen LogP contribution >= 0.6 is 0 Å². The number of carbonyl (C=O) groups is 4. The molecule has 180 valence electrons. The van der Waals surface area contributed by atoms with Crippen LogP contribution in [0.25, 0.3) is 22.1 Å². The number of piperidine rings is 1. The molecule has 1 saturated heterocycles. The highest BCUT2D eigenvalue weighted by atomic mass is 16.3. The molecule has 1 atom stereocenters. The number of anilines is 1. The molecule has 4 aromatic rings. The lowest BCUT2D eigenvalue weighted by atomic mass is 10.0.